The Balaban J connectivity index is 1.78. The minimum absolute atomic E-state index is 0.111. The van der Waals surface area contributed by atoms with Crippen LogP contribution in [0.3, 0.4) is 0 Å². The Bertz CT molecular complexity index is 839. The molecule has 0 spiro atoms. The van der Waals surface area contributed by atoms with Crippen molar-refractivity contribution in [3.8, 4) is 11.5 Å². The lowest BCUT2D eigenvalue weighted by Crippen LogP contribution is -2.29. The van der Waals surface area contributed by atoms with Gasteiger partial charge in [-0.25, -0.2) is 5.43 Å². The van der Waals surface area contributed by atoms with Crippen LogP contribution >= 0.6 is 15.9 Å². The summed E-state index contributed by atoms with van der Waals surface area (Å²) in [5.74, 6) is 0.630. The number of benzene rings is 2. The molecule has 0 radical (unpaired) electrons. The first kappa shape index (κ1) is 20.4. The largest absolute Gasteiger partial charge is 0.493 e. The van der Waals surface area contributed by atoms with Gasteiger partial charge in [-0.05, 0) is 51.8 Å². The van der Waals surface area contributed by atoms with Gasteiger partial charge in [0, 0.05) is 17.4 Å². The molecule has 0 bridgehead atoms. The van der Waals surface area contributed by atoms with Crippen molar-refractivity contribution in [2.75, 3.05) is 20.8 Å². The molecule has 0 saturated heterocycles. The van der Waals surface area contributed by atoms with Crippen LogP contribution in [0.25, 0.3) is 0 Å². The molecule has 0 aromatic heterocycles. The van der Waals surface area contributed by atoms with Gasteiger partial charge in [0.2, 0.25) is 5.91 Å². The first-order chi connectivity index (χ1) is 13.0. The van der Waals surface area contributed by atoms with Gasteiger partial charge in [0.15, 0.2) is 11.5 Å². The molecule has 0 aliphatic heterocycles. The van der Waals surface area contributed by atoms with Crippen LogP contribution in [0.2, 0.25) is 0 Å². The average Bonchev–Trinajstić information content (AvgIpc) is 2.68. The third-order valence-corrected chi connectivity index (χ3v) is 4.26. The molecule has 0 unspecified atom stereocenters. The maximum atomic E-state index is 12.0. The molecule has 7 nitrogen and oxygen atoms in total. The van der Waals surface area contributed by atoms with Crippen LogP contribution < -0.4 is 20.2 Å². The predicted octanol–water partition coefficient (Wildman–Crippen LogP) is 2.74. The van der Waals surface area contributed by atoms with Crippen LogP contribution in [0, 0.1) is 0 Å². The number of hydrogen-bond donors (Lipinski definition) is 2. The number of carbonyl (C=O) groups excluding carboxylic acids is 2. The number of ether oxygens (including phenoxy) is 2. The summed E-state index contributed by atoms with van der Waals surface area (Å²) in [5.41, 5.74) is 3.68. The van der Waals surface area contributed by atoms with Crippen LogP contribution in [-0.2, 0) is 4.79 Å². The van der Waals surface area contributed by atoms with Crippen molar-refractivity contribution in [1.29, 1.82) is 0 Å². The summed E-state index contributed by atoms with van der Waals surface area (Å²) in [6.45, 7) is 0.206. The van der Waals surface area contributed by atoms with Gasteiger partial charge in [-0.1, -0.05) is 12.1 Å². The van der Waals surface area contributed by atoms with Crippen molar-refractivity contribution in [2.45, 2.75) is 6.42 Å². The van der Waals surface area contributed by atoms with E-state index in [1.165, 1.54) is 6.21 Å². The molecule has 2 N–H and O–H groups in total. The van der Waals surface area contributed by atoms with Gasteiger partial charge in [0.05, 0.1) is 26.0 Å². The highest BCUT2D eigenvalue weighted by Crippen LogP contribution is 2.26. The third kappa shape index (κ3) is 6.10. The molecule has 0 heterocycles. The second kappa shape index (κ2) is 10.3. The Kier molecular flexibility index (Phi) is 7.81. The summed E-state index contributed by atoms with van der Waals surface area (Å²) in [6, 6.07) is 12.4. The maximum Gasteiger partial charge on any atom is 0.252 e. The van der Waals surface area contributed by atoms with E-state index in [0.717, 1.165) is 5.56 Å². The highest BCUT2D eigenvalue weighted by molar-refractivity contribution is 9.10. The molecule has 0 aliphatic rings. The third-order valence-electron chi connectivity index (χ3n) is 3.57. The Hall–Kier alpha value is -2.87. The molecular weight excluding hydrogens is 414 g/mol. The minimum atomic E-state index is -0.306. The number of hydrazone groups is 1. The van der Waals surface area contributed by atoms with E-state index >= 15 is 0 Å². The Morgan fingerprint density at radius 1 is 1.11 bits per heavy atom. The van der Waals surface area contributed by atoms with Gasteiger partial charge in [-0.2, -0.15) is 5.10 Å². The van der Waals surface area contributed by atoms with Crippen LogP contribution in [0.1, 0.15) is 22.3 Å². The number of hydrogen-bond acceptors (Lipinski definition) is 5. The zero-order valence-corrected chi connectivity index (χ0v) is 16.6. The van der Waals surface area contributed by atoms with Gasteiger partial charge >= 0.3 is 0 Å². The molecule has 2 aromatic rings. The monoisotopic (exact) mass is 433 g/mol. The topological polar surface area (TPSA) is 89.0 Å². The first-order valence-corrected chi connectivity index (χ1v) is 8.91. The quantitative estimate of drug-likeness (QED) is 0.494. The molecule has 2 amide bonds. The van der Waals surface area contributed by atoms with Crippen LogP contribution in [0.4, 0.5) is 0 Å². The van der Waals surface area contributed by atoms with Crippen molar-refractivity contribution in [3.05, 3.63) is 58.1 Å². The second-order valence-electron chi connectivity index (χ2n) is 5.39. The Morgan fingerprint density at radius 2 is 1.85 bits per heavy atom. The highest BCUT2D eigenvalue weighted by Gasteiger charge is 2.09. The molecule has 0 fully saturated rings. The zero-order valence-electron chi connectivity index (χ0n) is 15.0. The molecule has 0 atom stereocenters. The van der Waals surface area contributed by atoms with Crippen molar-refractivity contribution in [2.24, 2.45) is 5.10 Å². The van der Waals surface area contributed by atoms with Gasteiger partial charge in [0.1, 0.15) is 0 Å². The highest BCUT2D eigenvalue weighted by atomic mass is 79.9. The number of carbonyl (C=O) groups is 2. The molecule has 142 valence electrons. The molecule has 2 aromatic carbocycles. The lowest BCUT2D eigenvalue weighted by molar-refractivity contribution is -0.120. The Morgan fingerprint density at radius 3 is 2.56 bits per heavy atom. The van der Waals surface area contributed by atoms with Crippen LogP contribution in [-0.4, -0.2) is 38.8 Å². The van der Waals surface area contributed by atoms with E-state index in [1.807, 2.05) is 6.07 Å². The number of amides is 2. The molecule has 0 saturated carbocycles. The van der Waals surface area contributed by atoms with Crippen molar-refractivity contribution in [1.82, 2.24) is 10.7 Å². The SMILES string of the molecule is COc1ccc(/C=N\NC(=O)CCNC(=O)c2ccccc2Br)cc1OC. The first-order valence-electron chi connectivity index (χ1n) is 8.11. The summed E-state index contributed by atoms with van der Waals surface area (Å²) < 4.78 is 11.1. The summed E-state index contributed by atoms with van der Waals surface area (Å²) >= 11 is 3.32. The summed E-state index contributed by atoms with van der Waals surface area (Å²) in [6.07, 6.45) is 1.61. The van der Waals surface area contributed by atoms with Crippen molar-refractivity contribution < 1.29 is 19.1 Å². The van der Waals surface area contributed by atoms with Gasteiger partial charge in [-0.15, -0.1) is 0 Å². The van der Waals surface area contributed by atoms with E-state index in [4.69, 9.17) is 9.47 Å². The number of rotatable bonds is 8. The van der Waals surface area contributed by atoms with E-state index in [9.17, 15) is 9.59 Å². The van der Waals surface area contributed by atoms with Crippen molar-refractivity contribution in [3.63, 3.8) is 0 Å². The minimum Gasteiger partial charge on any atom is -0.493 e. The van der Waals surface area contributed by atoms with E-state index < -0.39 is 0 Å². The van der Waals surface area contributed by atoms with Crippen molar-refractivity contribution >= 4 is 34.0 Å². The number of nitrogens with zero attached hydrogens (tertiary/aromatic N) is 1. The van der Waals surface area contributed by atoms with E-state index in [2.05, 4.69) is 31.8 Å². The number of nitrogens with one attached hydrogen (secondary N) is 2. The summed E-state index contributed by atoms with van der Waals surface area (Å²) in [5, 5.41) is 6.60. The van der Waals surface area contributed by atoms with Crippen LogP contribution in [0.15, 0.2) is 52.0 Å². The second-order valence-corrected chi connectivity index (χ2v) is 6.25. The lowest BCUT2D eigenvalue weighted by atomic mass is 10.2. The van der Waals surface area contributed by atoms with Gasteiger partial charge in [0.25, 0.3) is 5.91 Å². The fourth-order valence-corrected chi connectivity index (χ4v) is 2.66. The van der Waals surface area contributed by atoms with E-state index in [1.54, 1.807) is 50.6 Å². The fourth-order valence-electron chi connectivity index (χ4n) is 2.20. The normalized spacial score (nSPS) is 10.5. The number of halogens is 1. The molecule has 27 heavy (non-hydrogen) atoms. The lowest BCUT2D eigenvalue weighted by Gasteiger charge is -2.07. The molecule has 0 aliphatic carbocycles. The summed E-state index contributed by atoms with van der Waals surface area (Å²) in [7, 11) is 3.10. The van der Waals surface area contributed by atoms with Gasteiger partial charge in [-0.3, -0.25) is 9.59 Å². The maximum absolute atomic E-state index is 12.0. The predicted molar refractivity (Wildman–Crippen MR) is 106 cm³/mol. The average molecular weight is 434 g/mol. The van der Waals surface area contributed by atoms with E-state index in [0.29, 0.717) is 21.5 Å². The fraction of sp³-hybridized carbons (Fsp3) is 0.211. The smallest absolute Gasteiger partial charge is 0.252 e. The number of methoxy groups -OCH3 is 2. The van der Waals surface area contributed by atoms with E-state index in [-0.39, 0.29) is 24.8 Å². The standard InChI is InChI=1S/C19H20BrN3O4/c1-26-16-8-7-13(11-17(16)27-2)12-22-23-18(24)9-10-21-19(25)14-5-3-4-6-15(14)20/h3-8,11-12H,9-10H2,1-2H3,(H,21,25)(H,23,24)/b22-12-. The zero-order chi connectivity index (χ0) is 19.6. The molecular formula is C19H20BrN3O4. The molecule has 8 heteroatoms. The Labute approximate surface area is 165 Å². The van der Waals surface area contributed by atoms with Crippen LogP contribution in [0.5, 0.6) is 11.5 Å². The summed E-state index contributed by atoms with van der Waals surface area (Å²) in [4.78, 5) is 23.8. The van der Waals surface area contributed by atoms with Gasteiger partial charge < -0.3 is 14.8 Å². The molecule has 2 rings (SSSR count).